The van der Waals surface area contributed by atoms with E-state index in [2.05, 4.69) is 34.3 Å². The van der Waals surface area contributed by atoms with E-state index in [1.807, 2.05) is 31.3 Å². The van der Waals surface area contributed by atoms with Crippen LogP contribution in [0.4, 0.5) is 0 Å². The van der Waals surface area contributed by atoms with Gasteiger partial charge in [0, 0.05) is 37.0 Å². The van der Waals surface area contributed by atoms with Crippen molar-refractivity contribution in [2.45, 2.75) is 38.8 Å². The summed E-state index contributed by atoms with van der Waals surface area (Å²) in [5, 5.41) is 4.13. The molecule has 0 radical (unpaired) electrons. The third kappa shape index (κ3) is 3.17. The molecule has 1 N–H and O–H groups in total. The molecule has 0 spiro atoms. The molecule has 1 amide bonds. The number of nitrogens with zero attached hydrogens (tertiary/aromatic N) is 2. The number of carbonyl (C=O) groups is 1. The molecule has 0 aliphatic heterocycles. The molecule has 1 aromatic carbocycles. The van der Waals surface area contributed by atoms with E-state index in [-0.39, 0.29) is 23.1 Å². The van der Waals surface area contributed by atoms with Gasteiger partial charge in [0.05, 0.1) is 0 Å². The SMILES string of the molecule is Cc1ccn(C2CC2)c(=O)c1C(=O)NCCCn1ccc2ccccc21. The van der Waals surface area contributed by atoms with Crippen LogP contribution in [0.15, 0.2) is 53.6 Å². The summed E-state index contributed by atoms with van der Waals surface area (Å²) in [6.45, 7) is 3.19. The lowest BCUT2D eigenvalue weighted by Gasteiger charge is -2.11. The number of aryl methyl sites for hydroxylation is 2. The number of hydrogen-bond donors (Lipinski definition) is 1. The zero-order valence-corrected chi connectivity index (χ0v) is 14.9. The lowest BCUT2D eigenvalue weighted by atomic mass is 10.1. The highest BCUT2D eigenvalue weighted by Gasteiger charge is 2.26. The third-order valence-corrected chi connectivity index (χ3v) is 5.04. The van der Waals surface area contributed by atoms with Gasteiger partial charge in [0.15, 0.2) is 0 Å². The molecule has 0 atom stereocenters. The number of aromatic nitrogens is 2. The molecule has 3 aromatic rings. The minimum Gasteiger partial charge on any atom is -0.352 e. The Bertz CT molecular complexity index is 1010. The summed E-state index contributed by atoms with van der Waals surface area (Å²) in [5.41, 5.74) is 2.05. The van der Waals surface area contributed by atoms with Gasteiger partial charge in [-0.2, -0.15) is 0 Å². The first-order valence-electron chi connectivity index (χ1n) is 9.19. The predicted octanol–water partition coefficient (Wildman–Crippen LogP) is 3.27. The Balaban J connectivity index is 1.39. The van der Waals surface area contributed by atoms with Crippen LogP contribution in [0.5, 0.6) is 0 Å². The molecule has 0 saturated heterocycles. The van der Waals surface area contributed by atoms with Crippen LogP contribution in [0, 0.1) is 6.92 Å². The number of para-hydroxylation sites is 1. The van der Waals surface area contributed by atoms with Crippen molar-refractivity contribution < 1.29 is 4.79 Å². The van der Waals surface area contributed by atoms with E-state index in [4.69, 9.17) is 0 Å². The predicted molar refractivity (Wildman–Crippen MR) is 103 cm³/mol. The van der Waals surface area contributed by atoms with Gasteiger partial charge in [-0.05, 0) is 55.3 Å². The van der Waals surface area contributed by atoms with Crippen LogP contribution < -0.4 is 10.9 Å². The normalized spacial score (nSPS) is 13.9. The van der Waals surface area contributed by atoms with Crippen molar-refractivity contribution in [2.75, 3.05) is 6.54 Å². The lowest BCUT2D eigenvalue weighted by Crippen LogP contribution is -2.34. The highest BCUT2D eigenvalue weighted by Crippen LogP contribution is 2.33. The van der Waals surface area contributed by atoms with E-state index >= 15 is 0 Å². The quantitative estimate of drug-likeness (QED) is 0.695. The number of nitrogens with one attached hydrogen (secondary N) is 1. The van der Waals surface area contributed by atoms with Crippen LogP contribution in [0.25, 0.3) is 10.9 Å². The van der Waals surface area contributed by atoms with Gasteiger partial charge < -0.3 is 14.5 Å². The van der Waals surface area contributed by atoms with Gasteiger partial charge in [-0.15, -0.1) is 0 Å². The smallest absolute Gasteiger partial charge is 0.263 e. The summed E-state index contributed by atoms with van der Waals surface area (Å²) >= 11 is 0. The summed E-state index contributed by atoms with van der Waals surface area (Å²) in [7, 11) is 0. The topological polar surface area (TPSA) is 56.0 Å². The first kappa shape index (κ1) is 16.6. The van der Waals surface area contributed by atoms with Crippen molar-refractivity contribution in [1.82, 2.24) is 14.5 Å². The Labute approximate surface area is 152 Å². The van der Waals surface area contributed by atoms with Crippen LogP contribution in [-0.2, 0) is 6.54 Å². The van der Waals surface area contributed by atoms with Crippen LogP contribution in [0.3, 0.4) is 0 Å². The molecule has 4 rings (SSSR count). The summed E-state index contributed by atoms with van der Waals surface area (Å²) in [4.78, 5) is 25.1. The van der Waals surface area contributed by atoms with E-state index < -0.39 is 0 Å². The molecule has 134 valence electrons. The minimum absolute atomic E-state index is 0.165. The van der Waals surface area contributed by atoms with Crippen molar-refractivity contribution in [3.8, 4) is 0 Å². The molecule has 1 saturated carbocycles. The molecule has 0 unspecified atom stereocenters. The Morgan fingerprint density at radius 3 is 2.77 bits per heavy atom. The molecular weight excluding hydrogens is 326 g/mol. The molecule has 2 aromatic heterocycles. The number of benzene rings is 1. The Hall–Kier alpha value is -2.82. The molecule has 5 nitrogen and oxygen atoms in total. The lowest BCUT2D eigenvalue weighted by molar-refractivity contribution is 0.0950. The van der Waals surface area contributed by atoms with E-state index in [0.717, 1.165) is 31.4 Å². The van der Waals surface area contributed by atoms with Gasteiger partial charge in [0.25, 0.3) is 11.5 Å². The van der Waals surface area contributed by atoms with E-state index in [0.29, 0.717) is 6.54 Å². The fourth-order valence-electron chi connectivity index (χ4n) is 3.43. The van der Waals surface area contributed by atoms with Crippen molar-refractivity contribution in [1.29, 1.82) is 0 Å². The minimum atomic E-state index is -0.264. The highest BCUT2D eigenvalue weighted by atomic mass is 16.2. The maximum Gasteiger partial charge on any atom is 0.263 e. The number of pyridine rings is 1. The van der Waals surface area contributed by atoms with Crippen molar-refractivity contribution in [3.05, 3.63) is 70.3 Å². The van der Waals surface area contributed by atoms with Gasteiger partial charge in [-0.3, -0.25) is 9.59 Å². The summed E-state index contributed by atoms with van der Waals surface area (Å²) in [6, 6.07) is 12.5. The Kier molecular flexibility index (Phi) is 4.37. The first-order chi connectivity index (χ1) is 12.6. The maximum atomic E-state index is 12.6. The summed E-state index contributed by atoms with van der Waals surface area (Å²) in [6.07, 6.45) is 6.74. The number of rotatable bonds is 6. The second kappa shape index (κ2) is 6.83. The zero-order chi connectivity index (χ0) is 18.1. The van der Waals surface area contributed by atoms with Crippen molar-refractivity contribution >= 4 is 16.8 Å². The largest absolute Gasteiger partial charge is 0.352 e. The average Bonchev–Trinajstić information content (AvgIpc) is 3.39. The van der Waals surface area contributed by atoms with Crippen LogP contribution in [0.1, 0.15) is 41.2 Å². The number of fused-ring (bicyclic) bond motifs is 1. The first-order valence-corrected chi connectivity index (χ1v) is 9.19. The number of carbonyl (C=O) groups excluding carboxylic acids is 1. The van der Waals surface area contributed by atoms with E-state index in [1.54, 1.807) is 4.57 Å². The molecule has 1 aliphatic rings. The van der Waals surface area contributed by atoms with Crippen LogP contribution in [-0.4, -0.2) is 21.6 Å². The second-order valence-electron chi connectivity index (χ2n) is 6.99. The van der Waals surface area contributed by atoms with Gasteiger partial charge in [-0.1, -0.05) is 18.2 Å². The van der Waals surface area contributed by atoms with Gasteiger partial charge in [0.1, 0.15) is 5.56 Å². The van der Waals surface area contributed by atoms with Gasteiger partial charge >= 0.3 is 0 Å². The van der Waals surface area contributed by atoms with Crippen LogP contribution in [0.2, 0.25) is 0 Å². The highest BCUT2D eigenvalue weighted by molar-refractivity contribution is 5.95. The van der Waals surface area contributed by atoms with Crippen LogP contribution >= 0.6 is 0 Å². The maximum absolute atomic E-state index is 12.6. The summed E-state index contributed by atoms with van der Waals surface area (Å²) < 4.78 is 3.89. The van der Waals surface area contributed by atoms with Crippen molar-refractivity contribution in [2.24, 2.45) is 0 Å². The summed E-state index contributed by atoms with van der Waals surface area (Å²) in [5.74, 6) is -0.264. The Morgan fingerprint density at radius 2 is 1.96 bits per heavy atom. The molecule has 2 heterocycles. The molecule has 1 fully saturated rings. The average molecular weight is 349 g/mol. The van der Waals surface area contributed by atoms with E-state index in [1.165, 1.54) is 10.9 Å². The Morgan fingerprint density at radius 1 is 1.15 bits per heavy atom. The third-order valence-electron chi connectivity index (χ3n) is 5.04. The van der Waals surface area contributed by atoms with Crippen molar-refractivity contribution in [3.63, 3.8) is 0 Å². The van der Waals surface area contributed by atoms with Gasteiger partial charge in [0.2, 0.25) is 0 Å². The molecule has 1 aliphatic carbocycles. The van der Waals surface area contributed by atoms with Gasteiger partial charge in [-0.25, -0.2) is 0 Å². The monoisotopic (exact) mass is 349 g/mol. The number of hydrogen-bond acceptors (Lipinski definition) is 2. The fourth-order valence-corrected chi connectivity index (χ4v) is 3.43. The molecule has 26 heavy (non-hydrogen) atoms. The molecule has 5 heteroatoms. The standard InChI is InChI=1S/C21H23N3O2/c1-15-9-14-24(17-7-8-17)21(26)19(15)20(25)22-11-4-12-23-13-10-16-5-2-3-6-18(16)23/h2-3,5-6,9-10,13-14,17H,4,7-8,11-12H2,1H3,(H,22,25). The zero-order valence-electron chi connectivity index (χ0n) is 14.9. The van der Waals surface area contributed by atoms with E-state index in [9.17, 15) is 9.59 Å². The molecular formula is C21H23N3O2. The number of amides is 1. The molecule has 0 bridgehead atoms. The fraction of sp³-hybridized carbons (Fsp3) is 0.333. The second-order valence-corrected chi connectivity index (χ2v) is 6.99.